The summed E-state index contributed by atoms with van der Waals surface area (Å²) in [7, 11) is -2.25. The number of rotatable bonds is 7. The molecule has 0 amide bonds. The van der Waals surface area contributed by atoms with Crippen LogP contribution in [-0.2, 0) is 14.8 Å². The number of nitrogens with one attached hydrogen (secondary N) is 2. The molecule has 0 spiro atoms. The van der Waals surface area contributed by atoms with E-state index in [1.54, 1.807) is 27.9 Å². The first-order valence-corrected chi connectivity index (χ1v) is 8.61. The molecule has 0 saturated carbocycles. The van der Waals surface area contributed by atoms with Crippen molar-refractivity contribution in [2.24, 2.45) is 0 Å². The highest BCUT2D eigenvalue weighted by Crippen LogP contribution is 2.22. The Kier molecular flexibility index (Phi) is 6.15. The number of carboxylic acids is 1. The van der Waals surface area contributed by atoms with Crippen LogP contribution in [0.5, 0.6) is 0 Å². The summed E-state index contributed by atoms with van der Waals surface area (Å²) in [5.41, 5.74) is -0.423. The Labute approximate surface area is 137 Å². The van der Waals surface area contributed by atoms with Gasteiger partial charge >= 0.3 is 5.97 Å². The maximum atomic E-state index is 12.3. The van der Waals surface area contributed by atoms with Crippen molar-refractivity contribution in [3.05, 3.63) is 23.8 Å². The minimum Gasteiger partial charge on any atom is -0.478 e. The van der Waals surface area contributed by atoms with Crippen LogP contribution in [0.2, 0.25) is 0 Å². The molecule has 1 rings (SSSR count). The highest BCUT2D eigenvalue weighted by atomic mass is 32.2. The number of aromatic carboxylic acids is 1. The number of carboxylic acid groups (broad SMARTS) is 1. The zero-order valence-electron chi connectivity index (χ0n) is 14.0. The standard InChI is InChI=1S/C15H24N2O5S/c1-10(9-22-5)16-13-7-6-11(8-12(13)14(18)19)23(20,21)17-15(2,3)4/h6-8,10,16-17H,9H2,1-5H3,(H,18,19)/t10-/m0/s1. The highest BCUT2D eigenvalue weighted by molar-refractivity contribution is 7.89. The Hall–Kier alpha value is -1.64. The van der Waals surface area contributed by atoms with Crippen LogP contribution in [-0.4, -0.2) is 44.8 Å². The molecule has 0 heterocycles. The van der Waals surface area contributed by atoms with Gasteiger partial charge in [0, 0.05) is 24.4 Å². The summed E-state index contributed by atoms with van der Waals surface area (Å²) in [6.07, 6.45) is 0. The van der Waals surface area contributed by atoms with E-state index < -0.39 is 21.5 Å². The van der Waals surface area contributed by atoms with Gasteiger partial charge in [-0.2, -0.15) is 0 Å². The number of benzene rings is 1. The molecule has 0 aromatic heterocycles. The smallest absolute Gasteiger partial charge is 0.337 e. The third-order valence-electron chi connectivity index (χ3n) is 2.79. The van der Waals surface area contributed by atoms with E-state index in [0.29, 0.717) is 12.3 Å². The van der Waals surface area contributed by atoms with Crippen molar-refractivity contribution in [3.8, 4) is 0 Å². The van der Waals surface area contributed by atoms with Crippen LogP contribution in [0.15, 0.2) is 23.1 Å². The van der Waals surface area contributed by atoms with Crippen molar-refractivity contribution in [3.63, 3.8) is 0 Å². The van der Waals surface area contributed by atoms with Gasteiger partial charge in [0.25, 0.3) is 0 Å². The lowest BCUT2D eigenvalue weighted by atomic mass is 10.1. The molecule has 0 aliphatic heterocycles. The predicted octanol–water partition coefficient (Wildman–Crippen LogP) is 1.91. The molecule has 23 heavy (non-hydrogen) atoms. The molecular weight excluding hydrogens is 320 g/mol. The minimum atomic E-state index is -3.80. The topological polar surface area (TPSA) is 105 Å². The molecule has 0 unspecified atom stereocenters. The monoisotopic (exact) mass is 344 g/mol. The Balaban J connectivity index is 3.21. The molecule has 0 saturated heterocycles. The zero-order chi connectivity index (χ0) is 17.8. The third-order valence-corrected chi connectivity index (χ3v) is 4.55. The number of carbonyl (C=O) groups is 1. The number of anilines is 1. The van der Waals surface area contributed by atoms with Gasteiger partial charge in [-0.05, 0) is 45.9 Å². The van der Waals surface area contributed by atoms with E-state index in [0.717, 1.165) is 6.07 Å². The molecular formula is C15H24N2O5S. The largest absolute Gasteiger partial charge is 0.478 e. The molecule has 1 aromatic rings. The fraction of sp³-hybridized carbons (Fsp3) is 0.533. The molecule has 1 atom stereocenters. The van der Waals surface area contributed by atoms with E-state index in [1.165, 1.54) is 12.1 Å². The van der Waals surface area contributed by atoms with Gasteiger partial charge in [-0.3, -0.25) is 0 Å². The van der Waals surface area contributed by atoms with Gasteiger partial charge in [-0.25, -0.2) is 17.9 Å². The fourth-order valence-electron chi connectivity index (χ4n) is 2.01. The van der Waals surface area contributed by atoms with Crippen LogP contribution in [0, 0.1) is 0 Å². The molecule has 8 heteroatoms. The summed E-state index contributed by atoms with van der Waals surface area (Å²) < 4.78 is 32.1. The number of hydrogen-bond donors (Lipinski definition) is 3. The second kappa shape index (κ2) is 7.29. The minimum absolute atomic E-state index is 0.0882. The summed E-state index contributed by atoms with van der Waals surface area (Å²) in [4.78, 5) is 11.4. The lowest BCUT2D eigenvalue weighted by molar-refractivity contribution is 0.0697. The molecule has 130 valence electrons. The van der Waals surface area contributed by atoms with Gasteiger partial charge in [-0.15, -0.1) is 0 Å². The number of hydrogen-bond acceptors (Lipinski definition) is 5. The molecule has 0 radical (unpaired) electrons. The Morgan fingerprint density at radius 1 is 1.35 bits per heavy atom. The van der Waals surface area contributed by atoms with Crippen molar-refractivity contribution >= 4 is 21.7 Å². The van der Waals surface area contributed by atoms with Gasteiger partial charge in [0.15, 0.2) is 0 Å². The van der Waals surface area contributed by atoms with Gasteiger partial charge in [0.2, 0.25) is 10.0 Å². The predicted molar refractivity (Wildman–Crippen MR) is 88.4 cm³/mol. The molecule has 7 nitrogen and oxygen atoms in total. The van der Waals surface area contributed by atoms with Gasteiger partial charge in [0.05, 0.1) is 17.1 Å². The maximum absolute atomic E-state index is 12.3. The molecule has 1 aromatic carbocycles. The Bertz CT molecular complexity index is 665. The summed E-state index contributed by atoms with van der Waals surface area (Å²) in [5.74, 6) is -1.20. The molecule has 3 N–H and O–H groups in total. The first-order valence-electron chi connectivity index (χ1n) is 7.13. The van der Waals surface area contributed by atoms with E-state index in [4.69, 9.17) is 4.74 Å². The zero-order valence-corrected chi connectivity index (χ0v) is 14.8. The van der Waals surface area contributed by atoms with E-state index in [1.807, 2.05) is 6.92 Å². The highest BCUT2D eigenvalue weighted by Gasteiger charge is 2.24. The molecule has 0 fully saturated rings. The van der Waals surface area contributed by atoms with Gasteiger partial charge in [0.1, 0.15) is 0 Å². The number of ether oxygens (including phenoxy) is 1. The van der Waals surface area contributed by atoms with Gasteiger partial charge in [-0.1, -0.05) is 0 Å². The second-order valence-electron chi connectivity index (χ2n) is 6.37. The van der Waals surface area contributed by atoms with Crippen molar-refractivity contribution in [2.75, 3.05) is 19.0 Å². The third kappa shape index (κ3) is 5.81. The first-order chi connectivity index (χ1) is 10.5. The van der Waals surface area contributed by atoms with E-state index in [-0.39, 0.29) is 16.5 Å². The van der Waals surface area contributed by atoms with Crippen molar-refractivity contribution in [1.82, 2.24) is 4.72 Å². The Morgan fingerprint density at radius 2 is 1.96 bits per heavy atom. The van der Waals surface area contributed by atoms with Crippen LogP contribution in [0.1, 0.15) is 38.1 Å². The van der Waals surface area contributed by atoms with Crippen LogP contribution < -0.4 is 10.0 Å². The number of sulfonamides is 1. The van der Waals surface area contributed by atoms with Crippen LogP contribution >= 0.6 is 0 Å². The lowest BCUT2D eigenvalue weighted by Crippen LogP contribution is -2.40. The van der Waals surface area contributed by atoms with E-state index in [2.05, 4.69) is 10.0 Å². The average Bonchev–Trinajstić information content (AvgIpc) is 2.35. The lowest BCUT2D eigenvalue weighted by Gasteiger charge is -2.21. The normalized spacial score (nSPS) is 13.6. The summed E-state index contributed by atoms with van der Waals surface area (Å²) >= 11 is 0. The SMILES string of the molecule is COC[C@H](C)Nc1ccc(S(=O)(=O)NC(C)(C)C)cc1C(=O)O. The average molecular weight is 344 g/mol. The van der Waals surface area contributed by atoms with E-state index in [9.17, 15) is 18.3 Å². The van der Waals surface area contributed by atoms with Crippen molar-refractivity contribution in [1.29, 1.82) is 0 Å². The molecule has 0 aliphatic rings. The van der Waals surface area contributed by atoms with Crippen molar-refractivity contribution in [2.45, 2.75) is 44.2 Å². The first kappa shape index (κ1) is 19.4. The van der Waals surface area contributed by atoms with Crippen molar-refractivity contribution < 1.29 is 23.1 Å². The van der Waals surface area contributed by atoms with Crippen LogP contribution in [0.4, 0.5) is 5.69 Å². The van der Waals surface area contributed by atoms with Crippen LogP contribution in [0.3, 0.4) is 0 Å². The summed E-state index contributed by atoms with van der Waals surface area (Å²) in [6, 6.07) is 3.86. The van der Waals surface area contributed by atoms with Gasteiger partial charge < -0.3 is 15.2 Å². The Morgan fingerprint density at radius 3 is 2.43 bits per heavy atom. The maximum Gasteiger partial charge on any atom is 0.337 e. The van der Waals surface area contributed by atoms with Crippen LogP contribution in [0.25, 0.3) is 0 Å². The fourth-order valence-corrected chi connectivity index (χ4v) is 3.46. The summed E-state index contributed by atoms with van der Waals surface area (Å²) in [6.45, 7) is 7.37. The molecule has 0 aliphatic carbocycles. The summed E-state index contributed by atoms with van der Waals surface area (Å²) in [5, 5.41) is 12.3. The van der Waals surface area contributed by atoms with E-state index >= 15 is 0 Å². The molecule has 0 bridgehead atoms. The number of methoxy groups -OCH3 is 1. The quantitative estimate of drug-likeness (QED) is 0.698. The second-order valence-corrected chi connectivity index (χ2v) is 8.05.